The lowest BCUT2D eigenvalue weighted by atomic mass is 10.0. The Morgan fingerprint density at radius 2 is 1.68 bits per heavy atom. The van der Waals surface area contributed by atoms with E-state index in [1.54, 1.807) is 6.07 Å². The minimum absolute atomic E-state index is 0.0108. The molecule has 3 rings (SSSR count). The van der Waals surface area contributed by atoms with Crippen molar-refractivity contribution in [1.82, 2.24) is 10.0 Å². The maximum Gasteiger partial charge on any atom is 0.265 e. The molecule has 0 aliphatic carbocycles. The van der Waals surface area contributed by atoms with Gasteiger partial charge in [0.2, 0.25) is 10.0 Å². The average Bonchev–Trinajstić information content (AvgIpc) is 2.90. The van der Waals surface area contributed by atoms with Crippen molar-refractivity contribution in [1.29, 1.82) is 0 Å². The molecule has 0 saturated heterocycles. The maximum atomic E-state index is 12.8. The topological polar surface area (TPSA) is 105 Å². The van der Waals surface area contributed by atoms with Gasteiger partial charge in [-0.2, -0.15) is 0 Å². The highest BCUT2D eigenvalue weighted by atomic mass is 32.2. The Labute approximate surface area is 230 Å². The van der Waals surface area contributed by atoms with Crippen LogP contribution in [0.4, 0.5) is 0 Å². The molecular formula is C29H36N2O5S2. The summed E-state index contributed by atoms with van der Waals surface area (Å²) in [5, 5.41) is 13.8. The van der Waals surface area contributed by atoms with Crippen molar-refractivity contribution >= 4 is 27.7 Å². The van der Waals surface area contributed by atoms with E-state index in [1.807, 2.05) is 68.4 Å². The number of hydrogen-bond acceptors (Lipinski definition) is 7. The van der Waals surface area contributed by atoms with Crippen LogP contribution in [0.25, 0.3) is 11.1 Å². The molecule has 7 nitrogen and oxygen atoms in total. The Balaban J connectivity index is 1.64. The molecule has 1 atom stereocenters. The Kier molecular flexibility index (Phi) is 11.4. The number of sulfonamides is 1. The molecule has 0 spiro atoms. The summed E-state index contributed by atoms with van der Waals surface area (Å²) in [6.07, 6.45) is 0.291. The SMILES string of the molecule is COCCS(=O)(=O)NC(=O)c1ccc(-c2ccc(CCNC[C@H](O)c3ccccc3)cc2)cc1SC(C)C. The zero-order valence-corrected chi connectivity index (χ0v) is 23.6. The molecule has 0 saturated carbocycles. The standard InChI is InChI=1S/C29H36N2O5S2/c1-21(2)37-28-19-25(13-14-26(28)29(33)31-38(34,35)18-17-36-3)23-11-9-22(10-12-23)15-16-30-20-27(32)24-7-5-4-6-8-24/h4-14,19,21,27,30,32H,15-18,20H2,1-3H3,(H,31,33)/t27-/m0/s1. The van der Waals surface area contributed by atoms with Crippen molar-refractivity contribution in [3.8, 4) is 11.1 Å². The quantitative estimate of drug-likeness (QED) is 0.199. The van der Waals surface area contributed by atoms with Crippen molar-refractivity contribution < 1.29 is 23.1 Å². The van der Waals surface area contributed by atoms with Crippen LogP contribution < -0.4 is 10.0 Å². The summed E-state index contributed by atoms with van der Waals surface area (Å²) in [4.78, 5) is 13.5. The van der Waals surface area contributed by atoms with Gasteiger partial charge in [-0.15, -0.1) is 11.8 Å². The van der Waals surface area contributed by atoms with Crippen LogP contribution in [0.2, 0.25) is 0 Å². The predicted octanol–water partition coefficient (Wildman–Crippen LogP) is 4.43. The van der Waals surface area contributed by atoms with Gasteiger partial charge in [0.15, 0.2) is 0 Å². The molecule has 0 fully saturated rings. The number of amides is 1. The number of methoxy groups -OCH3 is 1. The number of carbonyl (C=O) groups is 1. The molecule has 0 radical (unpaired) electrons. The average molecular weight is 557 g/mol. The van der Waals surface area contributed by atoms with E-state index < -0.39 is 22.0 Å². The van der Waals surface area contributed by atoms with Gasteiger partial charge >= 0.3 is 0 Å². The summed E-state index contributed by atoms with van der Waals surface area (Å²) in [5.74, 6) is -0.925. The summed E-state index contributed by atoms with van der Waals surface area (Å²) in [5.41, 5.74) is 4.35. The maximum absolute atomic E-state index is 12.8. The first kappa shape index (κ1) is 29.9. The van der Waals surface area contributed by atoms with Gasteiger partial charge in [-0.1, -0.05) is 74.5 Å². The zero-order chi connectivity index (χ0) is 27.5. The Morgan fingerprint density at radius 1 is 1.00 bits per heavy atom. The Morgan fingerprint density at radius 3 is 2.34 bits per heavy atom. The van der Waals surface area contributed by atoms with Gasteiger partial charge in [0.1, 0.15) is 0 Å². The molecule has 3 N–H and O–H groups in total. The second-order valence-corrected chi connectivity index (χ2v) is 12.7. The van der Waals surface area contributed by atoms with Crippen LogP contribution in [0.1, 0.15) is 41.4 Å². The zero-order valence-electron chi connectivity index (χ0n) is 22.0. The van der Waals surface area contributed by atoms with E-state index in [2.05, 4.69) is 22.2 Å². The number of nitrogens with one attached hydrogen (secondary N) is 2. The summed E-state index contributed by atoms with van der Waals surface area (Å²) in [6, 6.07) is 23.3. The molecule has 0 aliphatic rings. The Bertz CT molecular complexity index is 1280. The van der Waals surface area contributed by atoms with E-state index in [0.717, 1.165) is 34.6 Å². The van der Waals surface area contributed by atoms with E-state index in [-0.39, 0.29) is 17.6 Å². The summed E-state index contributed by atoms with van der Waals surface area (Å²) in [7, 11) is -2.37. The van der Waals surface area contributed by atoms with Crippen LogP contribution in [0, 0.1) is 0 Å². The fraction of sp³-hybridized carbons (Fsp3) is 0.345. The highest BCUT2D eigenvalue weighted by Gasteiger charge is 2.20. The van der Waals surface area contributed by atoms with Crippen LogP contribution in [0.15, 0.2) is 77.7 Å². The predicted molar refractivity (Wildman–Crippen MR) is 154 cm³/mol. The number of ether oxygens (including phenoxy) is 1. The smallest absolute Gasteiger partial charge is 0.265 e. The first-order valence-electron chi connectivity index (χ1n) is 12.6. The van der Waals surface area contributed by atoms with Gasteiger partial charge in [0.25, 0.3) is 5.91 Å². The molecule has 204 valence electrons. The fourth-order valence-corrected chi connectivity index (χ4v) is 5.68. The van der Waals surface area contributed by atoms with Crippen LogP contribution in [0.3, 0.4) is 0 Å². The summed E-state index contributed by atoms with van der Waals surface area (Å²) < 4.78 is 31.3. The molecule has 1 amide bonds. The second kappa shape index (κ2) is 14.5. The Hall–Kier alpha value is -2.69. The third kappa shape index (κ3) is 9.25. The van der Waals surface area contributed by atoms with Gasteiger partial charge < -0.3 is 15.2 Å². The van der Waals surface area contributed by atoms with E-state index in [4.69, 9.17) is 4.74 Å². The van der Waals surface area contributed by atoms with Crippen molar-refractivity contribution in [2.45, 2.75) is 36.5 Å². The van der Waals surface area contributed by atoms with E-state index in [9.17, 15) is 18.3 Å². The highest BCUT2D eigenvalue weighted by Crippen LogP contribution is 2.32. The fourth-order valence-electron chi connectivity index (χ4n) is 3.81. The second-order valence-electron chi connectivity index (χ2n) is 9.20. The molecule has 38 heavy (non-hydrogen) atoms. The van der Waals surface area contributed by atoms with E-state index >= 15 is 0 Å². The van der Waals surface area contributed by atoms with Gasteiger partial charge in [0.05, 0.1) is 24.0 Å². The number of aliphatic hydroxyl groups is 1. The molecule has 3 aromatic carbocycles. The number of benzene rings is 3. The number of carbonyl (C=O) groups excluding carboxylic acids is 1. The number of rotatable bonds is 14. The van der Waals surface area contributed by atoms with Crippen LogP contribution in [0.5, 0.6) is 0 Å². The van der Waals surface area contributed by atoms with Gasteiger partial charge in [-0.05, 0) is 47.4 Å². The van der Waals surface area contributed by atoms with Gasteiger partial charge in [0, 0.05) is 23.8 Å². The first-order valence-corrected chi connectivity index (χ1v) is 15.1. The van der Waals surface area contributed by atoms with Crippen molar-refractivity contribution in [3.63, 3.8) is 0 Å². The highest BCUT2D eigenvalue weighted by molar-refractivity contribution is 8.00. The molecule has 3 aromatic rings. The first-order chi connectivity index (χ1) is 18.2. The molecule has 9 heteroatoms. The lowest BCUT2D eigenvalue weighted by Crippen LogP contribution is -2.34. The van der Waals surface area contributed by atoms with Crippen molar-refractivity contribution in [2.24, 2.45) is 0 Å². The van der Waals surface area contributed by atoms with E-state index in [1.165, 1.54) is 24.4 Å². The minimum atomic E-state index is -3.79. The van der Waals surface area contributed by atoms with Gasteiger partial charge in [-0.25, -0.2) is 13.1 Å². The summed E-state index contributed by atoms with van der Waals surface area (Å²) >= 11 is 1.51. The third-order valence-electron chi connectivity index (χ3n) is 5.79. The number of hydrogen-bond donors (Lipinski definition) is 3. The summed E-state index contributed by atoms with van der Waals surface area (Å²) in [6.45, 7) is 5.30. The molecule has 0 heterocycles. The number of thioether (sulfide) groups is 1. The lowest BCUT2D eigenvalue weighted by molar-refractivity contribution is 0.0978. The largest absolute Gasteiger partial charge is 0.387 e. The molecule has 0 unspecified atom stereocenters. The minimum Gasteiger partial charge on any atom is -0.387 e. The monoisotopic (exact) mass is 556 g/mol. The van der Waals surface area contributed by atoms with Gasteiger partial charge in [-0.3, -0.25) is 4.79 Å². The van der Waals surface area contributed by atoms with Crippen LogP contribution >= 0.6 is 11.8 Å². The molecule has 0 aliphatic heterocycles. The normalized spacial score (nSPS) is 12.4. The lowest BCUT2D eigenvalue weighted by Gasteiger charge is -2.14. The molecular weight excluding hydrogens is 520 g/mol. The molecule has 0 bridgehead atoms. The third-order valence-corrected chi connectivity index (χ3v) is 8.06. The van der Waals surface area contributed by atoms with E-state index in [0.29, 0.717) is 12.1 Å². The molecule has 0 aromatic heterocycles. The van der Waals surface area contributed by atoms with Crippen LogP contribution in [-0.2, 0) is 21.2 Å². The number of aliphatic hydroxyl groups excluding tert-OH is 1. The van der Waals surface area contributed by atoms with Crippen molar-refractivity contribution in [3.05, 3.63) is 89.5 Å². The van der Waals surface area contributed by atoms with Crippen LogP contribution in [-0.4, -0.2) is 57.2 Å². The van der Waals surface area contributed by atoms with Crippen molar-refractivity contribution in [2.75, 3.05) is 32.6 Å².